The predicted molar refractivity (Wildman–Crippen MR) is 52.7 cm³/mol. The van der Waals surface area contributed by atoms with E-state index in [1.54, 1.807) is 6.08 Å². The zero-order chi connectivity index (χ0) is 9.68. The fourth-order valence-electron chi connectivity index (χ4n) is 1.16. The molecule has 0 bridgehead atoms. The largest absolute Gasteiger partial charge is 0.285 e. The Morgan fingerprint density at radius 2 is 2.46 bits per heavy atom. The van der Waals surface area contributed by atoms with Crippen molar-refractivity contribution >= 4 is 5.78 Å². The third-order valence-corrected chi connectivity index (χ3v) is 1.76. The van der Waals surface area contributed by atoms with Crippen LogP contribution in [0.2, 0.25) is 0 Å². The topological polar surface area (TPSA) is 17.1 Å². The molecule has 13 heavy (non-hydrogen) atoms. The van der Waals surface area contributed by atoms with Crippen LogP contribution in [0.25, 0.3) is 0 Å². The molecule has 0 fully saturated rings. The zero-order valence-electron chi connectivity index (χ0n) is 7.55. The van der Waals surface area contributed by atoms with Gasteiger partial charge in [0.15, 0.2) is 0 Å². The first kappa shape index (κ1) is 9.36. The van der Waals surface area contributed by atoms with Crippen molar-refractivity contribution in [2.24, 2.45) is 0 Å². The van der Waals surface area contributed by atoms with Crippen LogP contribution >= 0.6 is 0 Å². The Morgan fingerprint density at radius 1 is 1.69 bits per heavy atom. The van der Waals surface area contributed by atoms with Gasteiger partial charge in [0.05, 0.1) is 0 Å². The predicted octanol–water partition coefficient (Wildman–Crippen LogP) is 1.86. The summed E-state index contributed by atoms with van der Waals surface area (Å²) in [7, 11) is 0. The summed E-state index contributed by atoms with van der Waals surface area (Å²) in [5, 5.41) is 0. The molecule has 0 unspecified atom stereocenters. The van der Waals surface area contributed by atoms with Gasteiger partial charge in [-0.2, -0.15) is 0 Å². The van der Waals surface area contributed by atoms with Crippen molar-refractivity contribution in [2.45, 2.75) is 19.8 Å². The van der Waals surface area contributed by atoms with E-state index in [2.05, 4.69) is 17.8 Å². The molecule has 0 aromatic carbocycles. The van der Waals surface area contributed by atoms with Crippen molar-refractivity contribution in [3.05, 3.63) is 23.3 Å². The quantitative estimate of drug-likeness (QED) is 0.400. The zero-order valence-corrected chi connectivity index (χ0v) is 7.55. The molecule has 0 heterocycles. The molecule has 0 saturated carbocycles. The van der Waals surface area contributed by atoms with E-state index >= 15 is 0 Å². The molecule has 1 rings (SSSR count). The first-order chi connectivity index (χ1) is 6.24. The number of carbonyl (C=O) groups excluding carboxylic acids is 1. The maximum absolute atomic E-state index is 10.5. The highest BCUT2D eigenvalue weighted by Crippen LogP contribution is 2.23. The number of terminal acetylenes is 1. The smallest absolute Gasteiger partial charge is 0.202 e. The average Bonchev–Trinajstić information content (AvgIpc) is 2.51. The molecule has 1 aliphatic carbocycles. The van der Waals surface area contributed by atoms with Gasteiger partial charge in [-0.1, -0.05) is 17.9 Å². The van der Waals surface area contributed by atoms with Gasteiger partial charge >= 0.3 is 0 Å². The lowest BCUT2D eigenvalue weighted by atomic mass is 10.1. The van der Waals surface area contributed by atoms with E-state index in [4.69, 9.17) is 6.42 Å². The number of hydrogen-bond donors (Lipinski definition) is 0. The van der Waals surface area contributed by atoms with Gasteiger partial charge in [0.25, 0.3) is 0 Å². The third-order valence-electron chi connectivity index (χ3n) is 1.76. The molecule has 1 aliphatic rings. The second-order valence-electron chi connectivity index (χ2n) is 2.80. The summed E-state index contributed by atoms with van der Waals surface area (Å²) in [6, 6.07) is 0. The molecular formula is C12H10O. The monoisotopic (exact) mass is 170 g/mol. The summed E-state index contributed by atoms with van der Waals surface area (Å²) in [5.41, 5.74) is 1.98. The van der Waals surface area contributed by atoms with Crippen molar-refractivity contribution < 1.29 is 4.79 Å². The van der Waals surface area contributed by atoms with Crippen LogP contribution in [-0.4, -0.2) is 5.78 Å². The Bertz CT molecular complexity index is 378. The molecular weight excluding hydrogens is 160 g/mol. The fourth-order valence-corrected chi connectivity index (χ4v) is 1.16. The van der Waals surface area contributed by atoms with Gasteiger partial charge in [-0.25, -0.2) is 0 Å². The van der Waals surface area contributed by atoms with E-state index in [-0.39, 0.29) is 5.78 Å². The van der Waals surface area contributed by atoms with Gasteiger partial charge in [0.2, 0.25) is 5.78 Å². The lowest BCUT2D eigenvalue weighted by Crippen LogP contribution is -1.81. The molecule has 0 aliphatic heterocycles. The van der Waals surface area contributed by atoms with Gasteiger partial charge in [-0.3, -0.25) is 4.79 Å². The number of rotatable bonds is 0. The average molecular weight is 170 g/mol. The van der Waals surface area contributed by atoms with E-state index in [9.17, 15) is 4.79 Å². The molecule has 0 aromatic rings. The first-order valence-electron chi connectivity index (χ1n) is 4.12. The molecule has 1 heteroatoms. The number of carbonyl (C=O) groups is 1. The Morgan fingerprint density at radius 3 is 3.08 bits per heavy atom. The summed E-state index contributed by atoms with van der Waals surface area (Å²) >= 11 is 0. The summed E-state index contributed by atoms with van der Waals surface area (Å²) in [6.45, 7) is 1.44. The minimum absolute atomic E-state index is 0.124. The van der Waals surface area contributed by atoms with Crippen molar-refractivity contribution in [1.29, 1.82) is 0 Å². The van der Waals surface area contributed by atoms with E-state index in [0.29, 0.717) is 0 Å². The standard InChI is InChI=1S/C12H10O/c1-3-11-7-5-9-12(11)8-4-6-10(2)13/h1,7-8H,5,9H2,2H3. The Hall–Kier alpha value is -1.73. The number of Topliss-reactive ketones (excluding diaryl/α,β-unsaturated/α-hetero) is 1. The molecule has 64 valence electrons. The van der Waals surface area contributed by atoms with Crippen molar-refractivity contribution in [1.82, 2.24) is 0 Å². The first-order valence-corrected chi connectivity index (χ1v) is 4.12. The van der Waals surface area contributed by atoms with Gasteiger partial charge in [0, 0.05) is 12.5 Å². The summed E-state index contributed by atoms with van der Waals surface area (Å²) in [5.74, 6) is 7.62. The maximum Gasteiger partial charge on any atom is 0.202 e. The second-order valence-corrected chi connectivity index (χ2v) is 2.80. The SMILES string of the molecule is C#CC1=CCCC1=CC#CC(C)=O. The van der Waals surface area contributed by atoms with E-state index in [1.165, 1.54) is 6.92 Å². The van der Waals surface area contributed by atoms with Crippen molar-refractivity contribution in [3.8, 4) is 24.2 Å². The van der Waals surface area contributed by atoms with Gasteiger partial charge < -0.3 is 0 Å². The van der Waals surface area contributed by atoms with Crippen LogP contribution in [0.5, 0.6) is 0 Å². The van der Waals surface area contributed by atoms with Crippen LogP contribution < -0.4 is 0 Å². The van der Waals surface area contributed by atoms with Crippen LogP contribution in [0.3, 0.4) is 0 Å². The van der Waals surface area contributed by atoms with Gasteiger partial charge in [-0.15, -0.1) is 6.42 Å². The van der Waals surface area contributed by atoms with E-state index in [0.717, 1.165) is 24.0 Å². The molecule has 0 saturated heterocycles. The Labute approximate surface area is 78.5 Å². The molecule has 0 spiro atoms. The van der Waals surface area contributed by atoms with E-state index < -0.39 is 0 Å². The molecule has 0 aromatic heterocycles. The number of hydrogen-bond acceptors (Lipinski definition) is 1. The molecule has 1 nitrogen and oxygen atoms in total. The van der Waals surface area contributed by atoms with Crippen LogP contribution in [0.1, 0.15) is 19.8 Å². The summed E-state index contributed by atoms with van der Waals surface area (Å²) in [4.78, 5) is 10.5. The van der Waals surface area contributed by atoms with Crippen LogP contribution in [-0.2, 0) is 4.79 Å². The highest BCUT2D eigenvalue weighted by Gasteiger charge is 2.07. The summed E-state index contributed by atoms with van der Waals surface area (Å²) < 4.78 is 0. The van der Waals surface area contributed by atoms with Gasteiger partial charge in [-0.05, 0) is 30.4 Å². The third kappa shape index (κ3) is 2.65. The summed E-state index contributed by atoms with van der Waals surface area (Å²) in [6.07, 6.45) is 10.9. The fraction of sp³-hybridized carbons (Fsp3) is 0.250. The van der Waals surface area contributed by atoms with Gasteiger partial charge in [0.1, 0.15) is 0 Å². The second kappa shape index (κ2) is 4.33. The highest BCUT2D eigenvalue weighted by atomic mass is 16.1. The van der Waals surface area contributed by atoms with Crippen LogP contribution in [0.4, 0.5) is 0 Å². The Balaban J connectivity index is 2.76. The minimum Gasteiger partial charge on any atom is -0.285 e. The Kier molecular flexibility index (Phi) is 3.12. The minimum atomic E-state index is -0.124. The number of allylic oxidation sites excluding steroid dienone is 4. The van der Waals surface area contributed by atoms with E-state index in [1.807, 2.05) is 6.08 Å². The maximum atomic E-state index is 10.5. The lowest BCUT2D eigenvalue weighted by Gasteiger charge is -1.92. The normalized spacial score (nSPS) is 17.2. The lowest BCUT2D eigenvalue weighted by molar-refractivity contribution is -0.111. The van der Waals surface area contributed by atoms with Crippen molar-refractivity contribution in [2.75, 3.05) is 0 Å². The molecule has 0 amide bonds. The van der Waals surface area contributed by atoms with Crippen LogP contribution in [0, 0.1) is 24.2 Å². The highest BCUT2D eigenvalue weighted by molar-refractivity contribution is 5.93. The molecule has 0 N–H and O–H groups in total. The van der Waals surface area contributed by atoms with Crippen molar-refractivity contribution in [3.63, 3.8) is 0 Å². The number of ketones is 1. The van der Waals surface area contributed by atoms with Crippen LogP contribution in [0.15, 0.2) is 23.3 Å². The molecule has 0 atom stereocenters. The molecule has 0 radical (unpaired) electrons.